The molecule has 0 saturated carbocycles. The number of benzene rings is 1. The van der Waals surface area contributed by atoms with Crippen molar-refractivity contribution in [2.24, 2.45) is 0 Å². The molecule has 5 heteroatoms. The molecule has 0 aliphatic heterocycles. The molecule has 0 fully saturated rings. The molecule has 0 N–H and O–H groups in total. The summed E-state index contributed by atoms with van der Waals surface area (Å²) in [7, 11) is 0. The van der Waals surface area contributed by atoms with Crippen molar-refractivity contribution in [2.45, 2.75) is 6.18 Å². The van der Waals surface area contributed by atoms with Crippen LogP contribution in [0, 0.1) is 6.07 Å². The second-order valence-electron chi connectivity index (χ2n) is 1.77. The molecule has 12 heavy (non-hydrogen) atoms. The molecule has 1 aromatic carbocycles. The van der Waals surface area contributed by atoms with E-state index in [1.807, 2.05) is 0 Å². The van der Waals surface area contributed by atoms with Crippen LogP contribution in [-0.4, -0.2) is 23.1 Å². The average molecular weight is 249 g/mol. The Balaban J connectivity index is 0. The van der Waals surface area contributed by atoms with Gasteiger partial charge in [-0.05, 0) is 0 Å². The Labute approximate surface area is 95.1 Å². The smallest absolute Gasteiger partial charge is 1.00 e. The molecule has 0 spiro atoms. The Kier molecular flexibility index (Phi) is 7.17. The van der Waals surface area contributed by atoms with E-state index in [1.54, 1.807) is 0 Å². The molecule has 0 nitrogen and oxygen atoms in total. The maximum absolute atomic E-state index is 11.8. The summed E-state index contributed by atoms with van der Waals surface area (Å²) in [4.78, 5) is 0. The zero-order chi connectivity index (χ0) is 7.61. The number of alkyl halides is 3. The van der Waals surface area contributed by atoms with Crippen LogP contribution in [0.4, 0.5) is 13.2 Å². The fraction of sp³-hybridized carbons (Fsp3) is 0.143. The van der Waals surface area contributed by atoms with Crippen molar-refractivity contribution in [3.63, 3.8) is 0 Å². The van der Waals surface area contributed by atoms with Gasteiger partial charge < -0.3 is 17.0 Å². The van der Waals surface area contributed by atoms with Crippen molar-refractivity contribution in [1.82, 2.24) is 0 Å². The van der Waals surface area contributed by atoms with E-state index in [1.165, 1.54) is 18.2 Å². The van der Waals surface area contributed by atoms with Crippen molar-refractivity contribution < 1.29 is 30.2 Å². The molecule has 0 atom stereocenters. The second-order valence-corrected chi connectivity index (χ2v) is 1.77. The van der Waals surface area contributed by atoms with Gasteiger partial charge >= 0.3 is 29.2 Å². The van der Waals surface area contributed by atoms with Crippen LogP contribution in [-0.2, 0) is 6.18 Å². The van der Waals surface area contributed by atoms with Gasteiger partial charge in [0.2, 0.25) is 0 Å². The Bertz CT molecular complexity index is 210. The van der Waals surface area contributed by atoms with E-state index in [-0.39, 0.29) is 40.0 Å². The molecule has 0 aliphatic carbocycles. The van der Waals surface area contributed by atoms with Crippen LogP contribution in [0.3, 0.4) is 0 Å². The first-order chi connectivity index (χ1) is 4.61. The van der Waals surface area contributed by atoms with Gasteiger partial charge in [0.25, 0.3) is 0 Å². The predicted octanol–water partition coefficient (Wildman–Crippen LogP) is -0.871. The minimum absolute atomic E-state index is 0. The summed E-state index contributed by atoms with van der Waals surface area (Å²) in [5.74, 6) is 0. The third-order valence-electron chi connectivity index (χ3n) is 1.01. The molecule has 0 aromatic heterocycles. The molecule has 0 amide bonds. The first-order valence-electron chi connectivity index (χ1n) is 2.64. The number of rotatable bonds is 0. The van der Waals surface area contributed by atoms with E-state index >= 15 is 0 Å². The quantitative estimate of drug-likeness (QED) is 0.414. The SMILES string of the molecule is FC(F)(F)c1[c-]cccc1.[Br-].[Mg+2]. The van der Waals surface area contributed by atoms with Gasteiger partial charge in [0, 0.05) is 0 Å². The Morgan fingerprint density at radius 2 is 1.75 bits per heavy atom. The summed E-state index contributed by atoms with van der Waals surface area (Å²) >= 11 is 0. The van der Waals surface area contributed by atoms with Crippen molar-refractivity contribution in [3.05, 3.63) is 35.9 Å². The third-order valence-corrected chi connectivity index (χ3v) is 1.01. The van der Waals surface area contributed by atoms with Crippen LogP contribution in [0.25, 0.3) is 0 Å². The van der Waals surface area contributed by atoms with Crippen molar-refractivity contribution in [3.8, 4) is 0 Å². The van der Waals surface area contributed by atoms with Gasteiger partial charge in [-0.1, -0.05) is 5.56 Å². The second kappa shape index (κ2) is 5.83. The Hall–Kier alpha value is 0.256. The van der Waals surface area contributed by atoms with Gasteiger partial charge in [0.05, 0.1) is 0 Å². The summed E-state index contributed by atoms with van der Waals surface area (Å²) in [6.07, 6.45) is -4.26. The van der Waals surface area contributed by atoms with Crippen molar-refractivity contribution >= 4 is 23.1 Å². The molecule has 0 saturated heterocycles. The summed E-state index contributed by atoms with van der Waals surface area (Å²) in [6, 6.07) is 7.14. The van der Waals surface area contributed by atoms with Gasteiger partial charge in [-0.2, -0.15) is 43.5 Å². The number of hydrogen-bond donors (Lipinski definition) is 0. The molecule has 0 bridgehead atoms. The van der Waals surface area contributed by atoms with Crippen molar-refractivity contribution in [1.29, 1.82) is 0 Å². The maximum Gasteiger partial charge on any atom is 2.00 e. The monoisotopic (exact) mass is 248 g/mol. The number of hydrogen-bond acceptors (Lipinski definition) is 0. The molecule has 62 valence electrons. The van der Waals surface area contributed by atoms with Crippen LogP contribution in [0.15, 0.2) is 24.3 Å². The fourth-order valence-corrected chi connectivity index (χ4v) is 0.570. The van der Waals surface area contributed by atoms with Crippen LogP contribution in [0.1, 0.15) is 5.56 Å². The van der Waals surface area contributed by atoms with Crippen LogP contribution < -0.4 is 17.0 Å². The van der Waals surface area contributed by atoms with Gasteiger partial charge in [-0.25, -0.2) is 0 Å². The molecule has 0 heterocycles. The first-order valence-corrected chi connectivity index (χ1v) is 2.64. The molecule has 1 aromatic rings. The van der Waals surface area contributed by atoms with E-state index in [2.05, 4.69) is 6.07 Å². The van der Waals surface area contributed by atoms with Gasteiger partial charge in [-0.3, -0.25) is 0 Å². The zero-order valence-corrected chi connectivity index (χ0v) is 9.03. The molecular formula is C7H4BrF3Mg. The minimum Gasteiger partial charge on any atom is -1.00 e. The molecule has 0 radical (unpaired) electrons. The van der Waals surface area contributed by atoms with Gasteiger partial charge in [0.15, 0.2) is 0 Å². The first kappa shape index (κ1) is 14.8. The topological polar surface area (TPSA) is 0 Å². The van der Waals surface area contributed by atoms with Crippen LogP contribution in [0.5, 0.6) is 0 Å². The standard InChI is InChI=1S/C7H4F3.BrH.Mg/c8-7(9,10)6-4-2-1-3-5-6;;/h1-4H;1H;/q-1;;+2/p-1. The number of halogens is 4. The normalized spacial score (nSPS) is 9.58. The van der Waals surface area contributed by atoms with Gasteiger partial charge in [0.1, 0.15) is 0 Å². The predicted molar refractivity (Wildman–Crippen MR) is 36.0 cm³/mol. The zero-order valence-electron chi connectivity index (χ0n) is 6.03. The molecule has 1 rings (SSSR count). The largest absolute Gasteiger partial charge is 2.00 e. The summed E-state index contributed by atoms with van der Waals surface area (Å²) in [6.45, 7) is 0. The summed E-state index contributed by atoms with van der Waals surface area (Å²) in [5, 5.41) is 0. The molecular weight excluding hydrogens is 245 g/mol. The van der Waals surface area contributed by atoms with E-state index in [0.29, 0.717) is 0 Å². The van der Waals surface area contributed by atoms with Crippen molar-refractivity contribution in [2.75, 3.05) is 0 Å². The summed E-state index contributed by atoms with van der Waals surface area (Å²) < 4.78 is 35.3. The Morgan fingerprint density at radius 3 is 2.00 bits per heavy atom. The summed E-state index contributed by atoms with van der Waals surface area (Å²) in [5.41, 5.74) is -0.727. The Morgan fingerprint density at radius 1 is 1.17 bits per heavy atom. The van der Waals surface area contributed by atoms with Crippen LogP contribution in [0.2, 0.25) is 0 Å². The van der Waals surface area contributed by atoms with E-state index < -0.39 is 11.7 Å². The average Bonchev–Trinajstić information content (AvgIpc) is 1.88. The fourth-order valence-electron chi connectivity index (χ4n) is 0.570. The van der Waals surface area contributed by atoms with Crippen LogP contribution >= 0.6 is 0 Å². The maximum atomic E-state index is 11.8. The molecule has 0 aliphatic rings. The van der Waals surface area contributed by atoms with E-state index in [9.17, 15) is 13.2 Å². The molecule has 0 unspecified atom stereocenters. The minimum atomic E-state index is -4.26. The third kappa shape index (κ3) is 4.32. The van der Waals surface area contributed by atoms with E-state index in [0.717, 1.165) is 6.07 Å². The van der Waals surface area contributed by atoms with Gasteiger partial charge in [-0.15, -0.1) is 0 Å². The van der Waals surface area contributed by atoms with E-state index in [4.69, 9.17) is 0 Å².